The van der Waals surface area contributed by atoms with Gasteiger partial charge in [-0.2, -0.15) is 0 Å². The number of aryl methyl sites for hydroxylation is 1. The van der Waals surface area contributed by atoms with Gasteiger partial charge in [0, 0.05) is 6.04 Å². The zero-order valence-electron chi connectivity index (χ0n) is 15.1. The Morgan fingerprint density at radius 2 is 1.88 bits per heavy atom. The molecule has 3 rings (SSSR count). The number of esters is 1. The van der Waals surface area contributed by atoms with E-state index in [0.29, 0.717) is 24.5 Å². The summed E-state index contributed by atoms with van der Waals surface area (Å²) in [6.07, 6.45) is 2.03. The zero-order chi connectivity index (χ0) is 18.5. The fourth-order valence-electron chi connectivity index (χ4n) is 2.67. The summed E-state index contributed by atoms with van der Waals surface area (Å²) in [6.45, 7) is 4.39. The van der Waals surface area contributed by atoms with Gasteiger partial charge < -0.3 is 18.8 Å². The number of carbonyl (C=O) groups excluding carboxylic acids is 2. The van der Waals surface area contributed by atoms with E-state index in [2.05, 4.69) is 0 Å². The lowest BCUT2D eigenvalue weighted by Gasteiger charge is -2.21. The Kier molecular flexibility index (Phi) is 5.61. The molecule has 1 aromatic heterocycles. The molecule has 2 aromatic rings. The van der Waals surface area contributed by atoms with E-state index in [1.807, 2.05) is 24.0 Å². The highest BCUT2D eigenvalue weighted by Gasteiger charge is 2.33. The van der Waals surface area contributed by atoms with Gasteiger partial charge in [0.1, 0.15) is 17.3 Å². The minimum Gasteiger partial charge on any atom is -0.484 e. The minimum absolute atomic E-state index is 0.0467. The zero-order valence-corrected chi connectivity index (χ0v) is 15.1. The van der Waals surface area contributed by atoms with E-state index in [0.717, 1.165) is 24.4 Å². The Hall–Kier alpha value is -2.76. The molecule has 0 unspecified atom stereocenters. The largest absolute Gasteiger partial charge is 0.484 e. The topological polar surface area (TPSA) is 69.0 Å². The first-order chi connectivity index (χ1) is 12.6. The number of furan rings is 1. The van der Waals surface area contributed by atoms with Crippen LogP contribution in [0.1, 0.15) is 41.6 Å². The number of rotatable bonds is 8. The van der Waals surface area contributed by atoms with Crippen LogP contribution in [-0.4, -0.2) is 36.0 Å². The highest BCUT2D eigenvalue weighted by molar-refractivity contribution is 5.89. The van der Waals surface area contributed by atoms with Crippen LogP contribution < -0.4 is 4.74 Å². The molecule has 0 saturated heterocycles. The SMILES string of the molecule is CCOC(=O)c1ccc(OCC(=O)N(Cc2ccc(C)o2)C2CC2)cc1. The molecule has 1 saturated carbocycles. The average Bonchev–Trinajstić information content (AvgIpc) is 3.40. The predicted octanol–water partition coefficient (Wildman–Crippen LogP) is 3.33. The fourth-order valence-corrected chi connectivity index (χ4v) is 2.67. The van der Waals surface area contributed by atoms with Crippen molar-refractivity contribution in [2.75, 3.05) is 13.2 Å². The molecule has 0 atom stereocenters. The Morgan fingerprint density at radius 3 is 2.46 bits per heavy atom. The Morgan fingerprint density at radius 1 is 1.15 bits per heavy atom. The van der Waals surface area contributed by atoms with E-state index >= 15 is 0 Å². The lowest BCUT2D eigenvalue weighted by atomic mass is 10.2. The molecule has 0 radical (unpaired) electrons. The molecule has 1 amide bonds. The van der Waals surface area contributed by atoms with Crippen LogP contribution in [0.2, 0.25) is 0 Å². The van der Waals surface area contributed by atoms with Gasteiger partial charge in [0.15, 0.2) is 6.61 Å². The second kappa shape index (κ2) is 8.08. The molecule has 0 N–H and O–H groups in total. The van der Waals surface area contributed by atoms with Gasteiger partial charge >= 0.3 is 5.97 Å². The number of hydrogen-bond acceptors (Lipinski definition) is 5. The number of nitrogens with zero attached hydrogens (tertiary/aromatic N) is 1. The summed E-state index contributed by atoms with van der Waals surface area (Å²) in [6, 6.07) is 10.6. The van der Waals surface area contributed by atoms with Crippen molar-refractivity contribution in [1.29, 1.82) is 0 Å². The molecule has 6 nitrogen and oxygen atoms in total. The van der Waals surface area contributed by atoms with E-state index in [-0.39, 0.29) is 24.5 Å². The van der Waals surface area contributed by atoms with Crippen molar-refractivity contribution in [2.24, 2.45) is 0 Å². The lowest BCUT2D eigenvalue weighted by molar-refractivity contribution is -0.134. The van der Waals surface area contributed by atoms with Crippen molar-refractivity contribution in [1.82, 2.24) is 4.90 Å². The Balaban J connectivity index is 1.55. The lowest BCUT2D eigenvalue weighted by Crippen LogP contribution is -2.36. The molecule has 26 heavy (non-hydrogen) atoms. The van der Waals surface area contributed by atoms with E-state index < -0.39 is 0 Å². The molecule has 1 heterocycles. The molecule has 1 aliphatic rings. The summed E-state index contributed by atoms with van der Waals surface area (Å²) in [5, 5.41) is 0. The summed E-state index contributed by atoms with van der Waals surface area (Å²) in [4.78, 5) is 26.0. The molecular formula is C20H23NO5. The van der Waals surface area contributed by atoms with Crippen LogP contribution in [0, 0.1) is 6.92 Å². The quantitative estimate of drug-likeness (QED) is 0.678. The smallest absolute Gasteiger partial charge is 0.338 e. The third-order valence-corrected chi connectivity index (χ3v) is 4.16. The van der Waals surface area contributed by atoms with E-state index in [9.17, 15) is 9.59 Å². The number of amides is 1. The van der Waals surface area contributed by atoms with Gasteiger partial charge in [-0.25, -0.2) is 4.79 Å². The summed E-state index contributed by atoms with van der Waals surface area (Å²) in [5.41, 5.74) is 0.457. The van der Waals surface area contributed by atoms with Crippen LogP contribution >= 0.6 is 0 Å². The van der Waals surface area contributed by atoms with E-state index in [1.54, 1.807) is 31.2 Å². The van der Waals surface area contributed by atoms with Crippen molar-refractivity contribution in [3.05, 3.63) is 53.5 Å². The van der Waals surface area contributed by atoms with Crippen LogP contribution in [0.4, 0.5) is 0 Å². The number of carbonyl (C=O) groups is 2. The van der Waals surface area contributed by atoms with Gasteiger partial charge in [0.25, 0.3) is 5.91 Å². The maximum absolute atomic E-state index is 12.6. The molecule has 1 aliphatic carbocycles. The molecule has 0 spiro atoms. The summed E-state index contributed by atoms with van der Waals surface area (Å²) in [7, 11) is 0. The van der Waals surface area contributed by atoms with Gasteiger partial charge in [-0.05, 0) is 63.1 Å². The molecular weight excluding hydrogens is 334 g/mol. The van der Waals surface area contributed by atoms with Crippen LogP contribution in [0.3, 0.4) is 0 Å². The third-order valence-electron chi connectivity index (χ3n) is 4.16. The van der Waals surface area contributed by atoms with Crippen molar-refractivity contribution in [3.8, 4) is 5.75 Å². The maximum Gasteiger partial charge on any atom is 0.338 e. The molecule has 6 heteroatoms. The normalized spacial score (nSPS) is 13.3. The number of ether oxygens (including phenoxy) is 2. The molecule has 1 aromatic carbocycles. The Labute approximate surface area is 152 Å². The van der Waals surface area contributed by atoms with Gasteiger partial charge in [-0.1, -0.05) is 0 Å². The highest BCUT2D eigenvalue weighted by Crippen LogP contribution is 2.29. The Bertz CT molecular complexity index is 761. The number of hydrogen-bond donors (Lipinski definition) is 0. The van der Waals surface area contributed by atoms with Gasteiger partial charge in [0.05, 0.1) is 18.7 Å². The van der Waals surface area contributed by atoms with Crippen molar-refractivity contribution in [2.45, 2.75) is 39.3 Å². The van der Waals surface area contributed by atoms with Gasteiger partial charge in [0.2, 0.25) is 0 Å². The fraction of sp³-hybridized carbons (Fsp3) is 0.400. The summed E-state index contributed by atoms with van der Waals surface area (Å²) >= 11 is 0. The molecule has 0 bridgehead atoms. The average molecular weight is 357 g/mol. The molecule has 138 valence electrons. The van der Waals surface area contributed by atoms with E-state index in [4.69, 9.17) is 13.9 Å². The monoisotopic (exact) mass is 357 g/mol. The second-order valence-electron chi connectivity index (χ2n) is 6.30. The maximum atomic E-state index is 12.6. The van der Waals surface area contributed by atoms with Crippen LogP contribution in [-0.2, 0) is 16.1 Å². The second-order valence-corrected chi connectivity index (χ2v) is 6.30. The molecule has 1 fully saturated rings. The first-order valence-corrected chi connectivity index (χ1v) is 8.81. The standard InChI is InChI=1S/C20H23NO5/c1-3-24-20(23)15-5-10-17(11-6-15)25-13-19(22)21(16-7-8-16)12-18-9-4-14(2)26-18/h4-6,9-11,16H,3,7-8,12-13H2,1-2H3. The van der Waals surface area contributed by atoms with Gasteiger partial charge in [-0.3, -0.25) is 4.79 Å². The predicted molar refractivity (Wildman–Crippen MR) is 94.9 cm³/mol. The van der Waals surface area contributed by atoms with Crippen molar-refractivity contribution < 1.29 is 23.5 Å². The third kappa shape index (κ3) is 4.65. The van der Waals surface area contributed by atoms with Crippen LogP contribution in [0.25, 0.3) is 0 Å². The summed E-state index contributed by atoms with van der Waals surface area (Å²) < 4.78 is 16.1. The summed E-state index contributed by atoms with van der Waals surface area (Å²) in [5.74, 6) is 1.71. The van der Waals surface area contributed by atoms with Crippen molar-refractivity contribution in [3.63, 3.8) is 0 Å². The first-order valence-electron chi connectivity index (χ1n) is 8.81. The minimum atomic E-state index is -0.372. The van der Waals surface area contributed by atoms with Crippen molar-refractivity contribution >= 4 is 11.9 Å². The highest BCUT2D eigenvalue weighted by atomic mass is 16.5. The molecule has 0 aliphatic heterocycles. The first kappa shape index (κ1) is 18.0. The van der Waals surface area contributed by atoms with E-state index in [1.165, 1.54) is 0 Å². The van der Waals surface area contributed by atoms with Crippen LogP contribution in [0.5, 0.6) is 5.75 Å². The van der Waals surface area contributed by atoms with Gasteiger partial charge in [-0.15, -0.1) is 0 Å². The number of benzene rings is 1. The van der Waals surface area contributed by atoms with Crippen LogP contribution in [0.15, 0.2) is 40.8 Å².